The largest absolute Gasteiger partial charge is 0.495 e. The van der Waals surface area contributed by atoms with Gasteiger partial charge >= 0.3 is 0 Å². The van der Waals surface area contributed by atoms with Crippen molar-refractivity contribution in [2.75, 3.05) is 12.4 Å². The van der Waals surface area contributed by atoms with Gasteiger partial charge in [0.25, 0.3) is 11.6 Å². The number of carbonyl (C=O) groups excluding carboxylic acids is 1. The molecule has 0 atom stereocenters. The van der Waals surface area contributed by atoms with Crippen LogP contribution >= 0.6 is 11.6 Å². The molecule has 0 aromatic heterocycles. The van der Waals surface area contributed by atoms with Gasteiger partial charge in [0.1, 0.15) is 11.3 Å². The van der Waals surface area contributed by atoms with Crippen LogP contribution in [0.1, 0.15) is 21.5 Å². The summed E-state index contributed by atoms with van der Waals surface area (Å²) in [5.41, 5.74) is 1.35. The second-order valence-electron chi connectivity index (χ2n) is 4.98. The van der Waals surface area contributed by atoms with Crippen LogP contribution in [0.2, 0.25) is 5.02 Å². The molecule has 2 rings (SSSR count). The second kappa shape index (κ2) is 6.66. The Balaban J connectivity index is 2.43. The number of nitro groups is 1. The van der Waals surface area contributed by atoms with Gasteiger partial charge in [0.2, 0.25) is 0 Å². The van der Waals surface area contributed by atoms with Crippen molar-refractivity contribution in [2.45, 2.75) is 13.8 Å². The third kappa shape index (κ3) is 3.43. The van der Waals surface area contributed by atoms with Gasteiger partial charge in [-0.05, 0) is 31.5 Å². The first-order valence-electron chi connectivity index (χ1n) is 6.74. The van der Waals surface area contributed by atoms with Crippen LogP contribution in [0.4, 0.5) is 11.4 Å². The Hall–Kier alpha value is -2.60. The molecule has 0 unspecified atom stereocenters. The van der Waals surface area contributed by atoms with Gasteiger partial charge in [0, 0.05) is 16.7 Å². The van der Waals surface area contributed by atoms with Crippen molar-refractivity contribution in [1.29, 1.82) is 0 Å². The van der Waals surface area contributed by atoms with E-state index < -0.39 is 10.8 Å². The number of hydrogen-bond donors (Lipinski definition) is 1. The lowest BCUT2D eigenvalue weighted by Crippen LogP contribution is -2.15. The minimum atomic E-state index is -0.583. The first kappa shape index (κ1) is 16.8. The number of nitrogens with one attached hydrogen (secondary N) is 1. The van der Waals surface area contributed by atoms with Crippen LogP contribution in [0.5, 0.6) is 5.75 Å². The monoisotopic (exact) mass is 334 g/mol. The number of benzene rings is 2. The smallest absolute Gasteiger partial charge is 0.285 e. The molecule has 0 fully saturated rings. The predicted molar refractivity (Wildman–Crippen MR) is 88.5 cm³/mol. The summed E-state index contributed by atoms with van der Waals surface area (Å²) in [7, 11) is 1.45. The highest BCUT2D eigenvalue weighted by atomic mass is 35.5. The maximum absolute atomic E-state index is 12.5. The molecular weight excluding hydrogens is 320 g/mol. The third-order valence-electron chi connectivity index (χ3n) is 3.39. The average Bonchev–Trinajstić information content (AvgIpc) is 2.49. The van der Waals surface area contributed by atoms with Crippen molar-refractivity contribution in [2.24, 2.45) is 0 Å². The molecule has 1 N–H and O–H groups in total. The maximum atomic E-state index is 12.5. The minimum Gasteiger partial charge on any atom is -0.495 e. The molecule has 2 aromatic rings. The molecule has 0 radical (unpaired) electrons. The lowest BCUT2D eigenvalue weighted by atomic mass is 10.1. The normalized spacial score (nSPS) is 10.3. The van der Waals surface area contributed by atoms with E-state index in [1.54, 1.807) is 38.1 Å². The molecule has 0 aliphatic heterocycles. The number of ether oxygens (including phenoxy) is 1. The van der Waals surface area contributed by atoms with Gasteiger partial charge in [0.05, 0.1) is 17.7 Å². The van der Waals surface area contributed by atoms with Crippen LogP contribution < -0.4 is 10.1 Å². The van der Waals surface area contributed by atoms with Crippen LogP contribution in [0.25, 0.3) is 0 Å². The lowest BCUT2D eigenvalue weighted by molar-refractivity contribution is -0.385. The van der Waals surface area contributed by atoms with E-state index in [1.807, 2.05) is 0 Å². The number of rotatable bonds is 4. The summed E-state index contributed by atoms with van der Waals surface area (Å²) < 4.78 is 5.19. The molecule has 0 bridgehead atoms. The lowest BCUT2D eigenvalue weighted by Gasteiger charge is -2.12. The summed E-state index contributed by atoms with van der Waals surface area (Å²) in [4.78, 5) is 23.1. The maximum Gasteiger partial charge on any atom is 0.285 e. The van der Waals surface area contributed by atoms with Gasteiger partial charge < -0.3 is 10.1 Å². The van der Waals surface area contributed by atoms with Crippen molar-refractivity contribution < 1.29 is 14.5 Å². The molecule has 1 amide bonds. The summed E-state index contributed by atoms with van der Waals surface area (Å²) in [5.74, 6) is -0.204. The third-order valence-corrected chi connectivity index (χ3v) is 3.80. The number of nitrogens with zero attached hydrogens (tertiary/aromatic N) is 1. The highest BCUT2D eigenvalue weighted by molar-refractivity contribution is 6.31. The van der Waals surface area contributed by atoms with Crippen LogP contribution in [-0.2, 0) is 0 Å². The Bertz CT molecular complexity index is 790. The van der Waals surface area contributed by atoms with Gasteiger partial charge in [-0.1, -0.05) is 23.7 Å². The predicted octanol–water partition coefficient (Wildman–Crippen LogP) is 4.13. The molecule has 120 valence electrons. The van der Waals surface area contributed by atoms with Crippen molar-refractivity contribution in [3.05, 3.63) is 62.2 Å². The summed E-state index contributed by atoms with van der Waals surface area (Å²) in [6.07, 6.45) is 0. The van der Waals surface area contributed by atoms with Crippen molar-refractivity contribution >= 4 is 28.9 Å². The first-order chi connectivity index (χ1) is 10.8. The zero-order valence-electron chi connectivity index (χ0n) is 12.8. The van der Waals surface area contributed by atoms with Gasteiger partial charge in [-0.2, -0.15) is 0 Å². The van der Waals surface area contributed by atoms with E-state index in [2.05, 4.69) is 5.32 Å². The van der Waals surface area contributed by atoms with Gasteiger partial charge in [0.15, 0.2) is 0 Å². The Kier molecular flexibility index (Phi) is 4.86. The molecule has 7 heteroatoms. The Morgan fingerprint density at radius 3 is 2.57 bits per heavy atom. The molecule has 0 aliphatic rings. The van der Waals surface area contributed by atoms with Crippen LogP contribution in [0.3, 0.4) is 0 Å². The SMILES string of the molecule is COc1cc(Cl)c(C)cc1NC(=O)c1cccc(C)c1[N+](=O)[O-]. The quantitative estimate of drug-likeness (QED) is 0.673. The number of nitro benzene ring substituents is 1. The number of methoxy groups -OCH3 is 1. The molecule has 0 spiro atoms. The molecule has 23 heavy (non-hydrogen) atoms. The fourth-order valence-corrected chi connectivity index (χ4v) is 2.36. The van der Waals surface area contributed by atoms with E-state index in [0.717, 1.165) is 5.56 Å². The molecule has 2 aromatic carbocycles. The van der Waals surface area contributed by atoms with Gasteiger partial charge in [-0.25, -0.2) is 0 Å². The van der Waals surface area contributed by atoms with Gasteiger partial charge in [-0.15, -0.1) is 0 Å². The van der Waals surface area contributed by atoms with Crippen LogP contribution in [-0.4, -0.2) is 17.9 Å². The molecule has 0 heterocycles. The highest BCUT2D eigenvalue weighted by Gasteiger charge is 2.23. The number of carbonyl (C=O) groups is 1. The van der Waals surface area contributed by atoms with Crippen molar-refractivity contribution in [3.8, 4) is 5.75 Å². The van der Waals surface area contributed by atoms with Crippen LogP contribution in [0, 0.1) is 24.0 Å². The van der Waals surface area contributed by atoms with Crippen molar-refractivity contribution in [3.63, 3.8) is 0 Å². The standard InChI is InChI=1S/C16H15ClN2O4/c1-9-5-4-6-11(15(9)19(21)22)16(20)18-13-7-10(2)12(17)8-14(13)23-3/h4-8H,1-3H3,(H,18,20). The molecule has 0 aliphatic carbocycles. The number of amides is 1. The minimum absolute atomic E-state index is 0.00958. The topological polar surface area (TPSA) is 81.5 Å². The average molecular weight is 335 g/mol. The zero-order chi connectivity index (χ0) is 17.1. The summed E-state index contributed by atoms with van der Waals surface area (Å²) in [6.45, 7) is 3.37. The van der Waals surface area contributed by atoms with Crippen molar-refractivity contribution in [1.82, 2.24) is 0 Å². The summed E-state index contributed by atoms with van der Waals surface area (Å²) in [5, 5.41) is 14.3. The molecule has 0 saturated heterocycles. The fraction of sp³-hybridized carbons (Fsp3) is 0.188. The number of halogens is 1. The second-order valence-corrected chi connectivity index (χ2v) is 5.39. The summed E-state index contributed by atoms with van der Waals surface area (Å²) in [6, 6.07) is 7.83. The molecule has 6 nitrogen and oxygen atoms in total. The van der Waals surface area contributed by atoms with E-state index in [0.29, 0.717) is 22.0 Å². The molecular formula is C16H15ClN2O4. The van der Waals surface area contributed by atoms with E-state index in [-0.39, 0.29) is 11.3 Å². The Labute approximate surface area is 138 Å². The van der Waals surface area contributed by atoms with E-state index in [4.69, 9.17) is 16.3 Å². The van der Waals surface area contributed by atoms with E-state index in [9.17, 15) is 14.9 Å². The summed E-state index contributed by atoms with van der Waals surface area (Å²) >= 11 is 6.02. The van der Waals surface area contributed by atoms with E-state index >= 15 is 0 Å². The zero-order valence-corrected chi connectivity index (χ0v) is 13.6. The van der Waals surface area contributed by atoms with E-state index in [1.165, 1.54) is 13.2 Å². The highest BCUT2D eigenvalue weighted by Crippen LogP contribution is 2.32. The van der Waals surface area contributed by atoms with Gasteiger partial charge in [-0.3, -0.25) is 14.9 Å². The fourth-order valence-electron chi connectivity index (χ4n) is 2.20. The number of para-hydroxylation sites is 1. The number of hydrogen-bond acceptors (Lipinski definition) is 4. The Morgan fingerprint density at radius 2 is 1.96 bits per heavy atom. The van der Waals surface area contributed by atoms with Crippen LogP contribution in [0.15, 0.2) is 30.3 Å². The molecule has 0 saturated carbocycles. The number of anilines is 1. The number of aryl methyl sites for hydroxylation is 2. The first-order valence-corrected chi connectivity index (χ1v) is 7.12. The Morgan fingerprint density at radius 1 is 1.26 bits per heavy atom.